The van der Waals surface area contributed by atoms with Crippen molar-refractivity contribution in [1.29, 1.82) is 0 Å². The number of ether oxygens (including phenoxy) is 3. The molecule has 0 bridgehead atoms. The monoisotopic (exact) mass is 739 g/mol. The Morgan fingerprint density at radius 3 is 2.33 bits per heavy atom. The van der Waals surface area contributed by atoms with Gasteiger partial charge >= 0.3 is 5.97 Å². The van der Waals surface area contributed by atoms with E-state index in [9.17, 15) is 4.79 Å². The molecule has 0 radical (unpaired) electrons. The van der Waals surface area contributed by atoms with Crippen LogP contribution in [-0.4, -0.2) is 25.3 Å². The van der Waals surface area contributed by atoms with Gasteiger partial charge in [0.1, 0.15) is 17.6 Å². The zero-order valence-corrected chi connectivity index (χ0v) is 35.0. The highest BCUT2D eigenvalue weighted by molar-refractivity contribution is 5.69. The number of carbonyl (C=O) groups is 1. The van der Waals surface area contributed by atoms with Gasteiger partial charge in [0.15, 0.2) is 0 Å². The second-order valence-corrected chi connectivity index (χ2v) is 18.9. The van der Waals surface area contributed by atoms with E-state index in [2.05, 4.69) is 84.0 Å². The maximum atomic E-state index is 13.0. The molecule has 2 aromatic carbocycles. The lowest BCUT2D eigenvalue weighted by Gasteiger charge is -2.58. The van der Waals surface area contributed by atoms with E-state index in [4.69, 9.17) is 14.2 Å². The highest BCUT2D eigenvalue weighted by atomic mass is 16.5. The Morgan fingerprint density at radius 2 is 1.56 bits per heavy atom. The third-order valence-corrected chi connectivity index (χ3v) is 14.9. The van der Waals surface area contributed by atoms with Crippen molar-refractivity contribution in [3.63, 3.8) is 0 Å². The normalized spacial score (nSPS) is 29.5. The molecule has 0 amide bonds. The number of benzene rings is 2. The van der Waals surface area contributed by atoms with Crippen molar-refractivity contribution in [2.45, 2.75) is 163 Å². The summed E-state index contributed by atoms with van der Waals surface area (Å²) in [7, 11) is 0. The summed E-state index contributed by atoms with van der Waals surface area (Å²) in [4.78, 5) is 13.0. The van der Waals surface area contributed by atoms with Gasteiger partial charge in [-0.2, -0.15) is 0 Å². The van der Waals surface area contributed by atoms with Crippen LogP contribution >= 0.6 is 0 Å². The van der Waals surface area contributed by atoms with E-state index in [-0.39, 0.29) is 17.5 Å². The molecular weight excluding hydrogens is 665 g/mol. The lowest BCUT2D eigenvalue weighted by molar-refractivity contribution is -0.151. The maximum absolute atomic E-state index is 13.0. The van der Waals surface area contributed by atoms with Gasteiger partial charge in [-0.25, -0.2) is 0 Å². The lowest BCUT2D eigenvalue weighted by atomic mass is 9.47. The van der Waals surface area contributed by atoms with Gasteiger partial charge in [0.05, 0.1) is 13.2 Å². The summed E-state index contributed by atoms with van der Waals surface area (Å²) in [5.41, 5.74) is 4.69. The fraction of sp³-hybridized carbons (Fsp3) is 0.700. The quantitative estimate of drug-likeness (QED) is 0.0818. The van der Waals surface area contributed by atoms with Crippen molar-refractivity contribution in [3.8, 4) is 22.6 Å². The molecular formula is C50H74O4. The van der Waals surface area contributed by atoms with E-state index < -0.39 is 0 Å². The third-order valence-electron chi connectivity index (χ3n) is 14.9. The summed E-state index contributed by atoms with van der Waals surface area (Å²) in [6.07, 6.45) is 23.8. The van der Waals surface area contributed by atoms with E-state index in [1.807, 2.05) is 12.1 Å². The fourth-order valence-corrected chi connectivity index (χ4v) is 11.8. The smallest absolute Gasteiger partial charge is 0.306 e. The zero-order valence-electron chi connectivity index (χ0n) is 35.0. The molecule has 0 spiro atoms. The van der Waals surface area contributed by atoms with Crippen LogP contribution < -0.4 is 9.47 Å². The number of carbonyl (C=O) groups excluding carboxylic acids is 1. The molecule has 298 valence electrons. The van der Waals surface area contributed by atoms with Crippen molar-refractivity contribution in [1.82, 2.24) is 0 Å². The summed E-state index contributed by atoms with van der Waals surface area (Å²) in [6.45, 7) is 16.2. The molecule has 0 aliphatic heterocycles. The molecule has 4 aliphatic carbocycles. The Morgan fingerprint density at radius 1 is 0.778 bits per heavy atom. The van der Waals surface area contributed by atoms with Crippen LogP contribution in [0.3, 0.4) is 0 Å². The Labute approximate surface area is 329 Å². The first kappa shape index (κ1) is 40.9. The van der Waals surface area contributed by atoms with Crippen LogP contribution in [0, 0.1) is 46.3 Å². The van der Waals surface area contributed by atoms with Gasteiger partial charge in [-0.1, -0.05) is 116 Å². The van der Waals surface area contributed by atoms with Crippen LogP contribution in [-0.2, 0) is 9.53 Å². The average Bonchev–Trinajstić information content (AvgIpc) is 3.52. The van der Waals surface area contributed by atoms with Crippen LogP contribution in [0.5, 0.6) is 11.5 Å². The Balaban J connectivity index is 0.912. The molecule has 8 atom stereocenters. The van der Waals surface area contributed by atoms with Crippen molar-refractivity contribution in [3.05, 3.63) is 60.2 Å². The van der Waals surface area contributed by atoms with Gasteiger partial charge in [-0.05, 0) is 146 Å². The van der Waals surface area contributed by atoms with E-state index in [0.29, 0.717) is 18.4 Å². The van der Waals surface area contributed by atoms with Gasteiger partial charge < -0.3 is 14.2 Å². The topological polar surface area (TPSA) is 44.8 Å². The molecule has 6 rings (SSSR count). The fourth-order valence-electron chi connectivity index (χ4n) is 11.8. The van der Waals surface area contributed by atoms with Crippen molar-refractivity contribution >= 4 is 5.97 Å². The van der Waals surface area contributed by atoms with Crippen molar-refractivity contribution in [2.75, 3.05) is 13.2 Å². The number of allylic oxidation sites excluding steroid dienone is 1. The summed E-state index contributed by atoms with van der Waals surface area (Å²) in [6, 6.07) is 16.6. The summed E-state index contributed by atoms with van der Waals surface area (Å²) in [5, 5.41) is 0. The van der Waals surface area contributed by atoms with Crippen LogP contribution in [0.2, 0.25) is 0 Å². The minimum Gasteiger partial charge on any atom is -0.494 e. The summed E-state index contributed by atoms with van der Waals surface area (Å²) >= 11 is 0. The molecule has 0 aromatic heterocycles. The Bertz CT molecular complexity index is 1510. The van der Waals surface area contributed by atoms with Gasteiger partial charge in [0, 0.05) is 12.8 Å². The molecule has 4 nitrogen and oxygen atoms in total. The first-order valence-corrected chi connectivity index (χ1v) is 22.5. The number of rotatable bonds is 19. The largest absolute Gasteiger partial charge is 0.494 e. The molecule has 54 heavy (non-hydrogen) atoms. The summed E-state index contributed by atoms with van der Waals surface area (Å²) in [5.74, 6) is 6.85. The summed E-state index contributed by atoms with van der Waals surface area (Å²) < 4.78 is 18.2. The maximum Gasteiger partial charge on any atom is 0.306 e. The van der Waals surface area contributed by atoms with Gasteiger partial charge in [-0.3, -0.25) is 4.79 Å². The molecule has 0 saturated heterocycles. The van der Waals surface area contributed by atoms with Crippen LogP contribution in [0.25, 0.3) is 11.1 Å². The highest BCUT2D eigenvalue weighted by Crippen LogP contribution is 2.67. The number of hydrogen-bond donors (Lipinski definition) is 0. The van der Waals surface area contributed by atoms with E-state index in [1.165, 1.54) is 77.0 Å². The molecule has 2 aromatic rings. The number of hydrogen-bond acceptors (Lipinski definition) is 4. The van der Waals surface area contributed by atoms with Gasteiger partial charge in [0.2, 0.25) is 0 Å². The molecule has 3 saturated carbocycles. The third kappa shape index (κ3) is 9.78. The second-order valence-electron chi connectivity index (χ2n) is 18.9. The number of esters is 1. The number of unbranched alkanes of at least 4 members (excludes halogenated alkanes) is 4. The highest BCUT2D eigenvalue weighted by Gasteiger charge is 2.59. The molecule has 4 heteroatoms. The molecule has 0 N–H and O–H groups in total. The first-order chi connectivity index (χ1) is 26.1. The molecule has 3 fully saturated rings. The van der Waals surface area contributed by atoms with Crippen molar-refractivity contribution < 1.29 is 19.0 Å². The first-order valence-electron chi connectivity index (χ1n) is 22.5. The number of fused-ring (bicyclic) bond motifs is 5. The minimum atomic E-state index is -0.0405. The lowest BCUT2D eigenvalue weighted by Crippen LogP contribution is -2.51. The predicted molar refractivity (Wildman–Crippen MR) is 224 cm³/mol. The van der Waals surface area contributed by atoms with Gasteiger partial charge in [-0.15, -0.1) is 0 Å². The molecule has 0 unspecified atom stereocenters. The Kier molecular flexibility index (Phi) is 14.3. The van der Waals surface area contributed by atoms with E-state index >= 15 is 0 Å². The average molecular weight is 739 g/mol. The van der Waals surface area contributed by atoms with Crippen LogP contribution in [0.15, 0.2) is 60.2 Å². The second kappa shape index (κ2) is 18.9. The standard InChI is InChI=1S/C50H74O4/c1-7-8-9-11-32-52-41-23-20-38(21-24-41)39-17-14-18-42(34-39)53-33-12-10-19-48(51)54-43-28-30-49(5)40(35-43)22-25-44-46-27-26-45(37(4)16-13-15-36(2)3)50(46,6)31-29-47(44)49/h14,17-18,20-24,34,36-37,43-47H,7-13,15-16,19,25-33,35H2,1-6H3/t37-,43+,44+,45-,46+,47+,49+,50-/m1/s1. The zero-order chi connectivity index (χ0) is 38.1. The van der Waals surface area contributed by atoms with Crippen LogP contribution in [0.1, 0.15) is 157 Å². The SMILES string of the molecule is CCCCCCOc1ccc(-c2cccc(OCCCCC(=O)O[C@H]3CC[C@@]4(C)C(=CC[C@H]5[C@@H]6CC[C@H]([C@H](C)CCCC(C)C)[C@@]6(C)CC[C@@H]54)C3)c2)cc1. The molecule has 0 heterocycles. The van der Waals surface area contributed by atoms with Crippen molar-refractivity contribution in [2.24, 2.45) is 46.3 Å². The minimum absolute atomic E-state index is 0.0372. The van der Waals surface area contributed by atoms with E-state index in [1.54, 1.807) is 5.57 Å². The predicted octanol–water partition coefficient (Wildman–Crippen LogP) is 13.8. The van der Waals surface area contributed by atoms with E-state index in [0.717, 1.165) is 96.8 Å². The van der Waals surface area contributed by atoms with Gasteiger partial charge in [0.25, 0.3) is 0 Å². The Hall–Kier alpha value is -2.75. The molecule has 4 aliphatic rings. The van der Waals surface area contributed by atoms with Crippen LogP contribution in [0.4, 0.5) is 0 Å².